The lowest BCUT2D eigenvalue weighted by Gasteiger charge is -2.13. The van der Waals surface area contributed by atoms with Crippen molar-refractivity contribution in [1.82, 2.24) is 0 Å². The van der Waals surface area contributed by atoms with Crippen LogP contribution in [0.25, 0.3) is 0 Å². The second-order valence-electron chi connectivity index (χ2n) is 4.60. The lowest BCUT2D eigenvalue weighted by atomic mass is 10.2. The van der Waals surface area contributed by atoms with Crippen LogP contribution >= 0.6 is 47.8 Å². The van der Waals surface area contributed by atoms with E-state index in [1.807, 2.05) is 26.0 Å². The molecule has 7 heteroatoms. The second kappa shape index (κ2) is 6.40. The molecule has 2 rings (SSSR count). The highest BCUT2D eigenvalue weighted by Crippen LogP contribution is 2.31. The fourth-order valence-corrected chi connectivity index (χ4v) is 4.90. The van der Waals surface area contributed by atoms with Crippen molar-refractivity contribution in [2.24, 2.45) is 0 Å². The summed E-state index contributed by atoms with van der Waals surface area (Å²) in [6.07, 6.45) is 0. The van der Waals surface area contributed by atoms with E-state index in [1.54, 1.807) is 18.2 Å². The van der Waals surface area contributed by atoms with E-state index in [2.05, 4.69) is 52.5 Å². The van der Waals surface area contributed by atoms with Gasteiger partial charge in [-0.3, -0.25) is 4.72 Å². The summed E-state index contributed by atoms with van der Waals surface area (Å²) >= 11 is 10.0. The molecule has 0 saturated heterocycles. The first-order chi connectivity index (χ1) is 9.70. The van der Waals surface area contributed by atoms with E-state index >= 15 is 0 Å². The molecule has 0 aliphatic carbocycles. The third-order valence-corrected chi connectivity index (χ3v) is 6.62. The largest absolute Gasteiger partial charge is 0.279 e. The molecule has 21 heavy (non-hydrogen) atoms. The van der Waals surface area contributed by atoms with Crippen LogP contribution < -0.4 is 4.72 Å². The number of halogens is 3. The summed E-state index contributed by atoms with van der Waals surface area (Å²) in [5.41, 5.74) is 2.36. The Morgan fingerprint density at radius 3 is 2.24 bits per heavy atom. The molecule has 0 aliphatic heterocycles. The van der Waals surface area contributed by atoms with Crippen molar-refractivity contribution >= 4 is 63.5 Å². The topological polar surface area (TPSA) is 46.2 Å². The van der Waals surface area contributed by atoms with Gasteiger partial charge >= 0.3 is 0 Å². The molecule has 0 fully saturated rings. The zero-order valence-electron chi connectivity index (χ0n) is 11.2. The maximum Gasteiger partial charge on any atom is 0.263 e. The Balaban J connectivity index is 2.48. The van der Waals surface area contributed by atoms with Crippen molar-refractivity contribution in [3.63, 3.8) is 0 Å². The predicted octanol–water partition coefficient (Wildman–Crippen LogP) is 5.39. The predicted molar refractivity (Wildman–Crippen MR) is 96.3 cm³/mol. The van der Waals surface area contributed by atoms with Gasteiger partial charge in [-0.25, -0.2) is 8.42 Å². The Morgan fingerprint density at radius 1 is 0.905 bits per heavy atom. The number of anilines is 1. The number of rotatable bonds is 3. The smallest absolute Gasteiger partial charge is 0.263 e. The van der Waals surface area contributed by atoms with Gasteiger partial charge in [0.1, 0.15) is 4.90 Å². The molecule has 0 aliphatic rings. The Bertz CT molecular complexity index is 804. The van der Waals surface area contributed by atoms with Crippen LogP contribution in [0.1, 0.15) is 11.1 Å². The maximum atomic E-state index is 12.6. The normalized spacial score (nSPS) is 11.5. The quantitative estimate of drug-likeness (QED) is 0.618. The lowest BCUT2D eigenvalue weighted by Crippen LogP contribution is -2.14. The van der Waals surface area contributed by atoms with E-state index in [0.29, 0.717) is 10.2 Å². The molecule has 0 heterocycles. The SMILES string of the molecule is Cc1cc(Br)c(S(=O)(=O)Nc2cc(Br)ccc2C)cc1Br. The van der Waals surface area contributed by atoms with Crippen molar-refractivity contribution in [1.29, 1.82) is 0 Å². The molecule has 1 N–H and O–H groups in total. The van der Waals surface area contributed by atoms with E-state index < -0.39 is 10.0 Å². The summed E-state index contributed by atoms with van der Waals surface area (Å²) in [5.74, 6) is 0. The zero-order valence-corrected chi connectivity index (χ0v) is 16.8. The summed E-state index contributed by atoms with van der Waals surface area (Å²) in [5, 5.41) is 0. The van der Waals surface area contributed by atoms with Crippen LogP contribution in [0, 0.1) is 13.8 Å². The van der Waals surface area contributed by atoms with Crippen LogP contribution in [-0.2, 0) is 10.0 Å². The molecule has 0 radical (unpaired) electrons. The van der Waals surface area contributed by atoms with Gasteiger partial charge in [0, 0.05) is 13.4 Å². The minimum atomic E-state index is -3.67. The molecular formula is C14H12Br3NO2S. The third-order valence-electron chi connectivity index (χ3n) is 2.95. The average Bonchev–Trinajstić information content (AvgIpc) is 2.37. The second-order valence-corrected chi connectivity index (χ2v) is 8.87. The fraction of sp³-hybridized carbons (Fsp3) is 0.143. The first-order valence-electron chi connectivity index (χ1n) is 5.95. The molecule has 0 aromatic heterocycles. The van der Waals surface area contributed by atoms with Gasteiger partial charge in [0.2, 0.25) is 0 Å². The molecule has 3 nitrogen and oxygen atoms in total. The molecule has 0 unspecified atom stereocenters. The highest BCUT2D eigenvalue weighted by atomic mass is 79.9. The van der Waals surface area contributed by atoms with Gasteiger partial charge in [-0.05, 0) is 65.2 Å². The van der Waals surface area contributed by atoms with E-state index in [9.17, 15) is 8.42 Å². The van der Waals surface area contributed by atoms with Crippen LogP contribution in [0.3, 0.4) is 0 Å². The summed E-state index contributed by atoms with van der Waals surface area (Å²) < 4.78 is 29.9. The Hall–Kier alpha value is -0.370. The minimum Gasteiger partial charge on any atom is -0.279 e. The van der Waals surface area contributed by atoms with Crippen LogP contribution in [0.5, 0.6) is 0 Å². The monoisotopic (exact) mass is 495 g/mol. The highest BCUT2D eigenvalue weighted by Gasteiger charge is 2.20. The van der Waals surface area contributed by atoms with Crippen LogP contribution in [0.2, 0.25) is 0 Å². The minimum absolute atomic E-state index is 0.194. The van der Waals surface area contributed by atoms with Crippen molar-refractivity contribution < 1.29 is 8.42 Å². The molecule has 2 aromatic rings. The number of hydrogen-bond acceptors (Lipinski definition) is 2. The van der Waals surface area contributed by atoms with Gasteiger partial charge in [-0.15, -0.1) is 0 Å². The number of aryl methyl sites for hydroxylation is 2. The molecule has 0 saturated carbocycles. The highest BCUT2D eigenvalue weighted by molar-refractivity contribution is 9.11. The molecule has 0 bridgehead atoms. The van der Waals surface area contributed by atoms with Gasteiger partial charge < -0.3 is 0 Å². The summed E-state index contributed by atoms with van der Waals surface area (Å²) in [6, 6.07) is 8.82. The Morgan fingerprint density at radius 2 is 1.57 bits per heavy atom. The Labute approximate surface area is 149 Å². The molecular weight excluding hydrogens is 486 g/mol. The molecule has 0 spiro atoms. The van der Waals surface area contributed by atoms with Gasteiger partial charge in [0.25, 0.3) is 10.0 Å². The molecule has 2 aromatic carbocycles. The van der Waals surface area contributed by atoms with E-state index in [0.717, 1.165) is 20.1 Å². The van der Waals surface area contributed by atoms with Crippen LogP contribution in [0.4, 0.5) is 5.69 Å². The van der Waals surface area contributed by atoms with Crippen molar-refractivity contribution in [3.05, 3.63) is 54.9 Å². The van der Waals surface area contributed by atoms with Crippen LogP contribution in [-0.4, -0.2) is 8.42 Å². The Kier molecular flexibility index (Phi) is 5.18. The number of sulfonamides is 1. The summed E-state index contributed by atoms with van der Waals surface area (Å²) in [6.45, 7) is 3.75. The first-order valence-corrected chi connectivity index (χ1v) is 9.81. The molecule has 0 atom stereocenters. The lowest BCUT2D eigenvalue weighted by molar-refractivity contribution is 0.600. The average molecular weight is 498 g/mol. The van der Waals surface area contributed by atoms with E-state index in [4.69, 9.17) is 0 Å². The zero-order chi connectivity index (χ0) is 15.8. The van der Waals surface area contributed by atoms with Gasteiger partial charge in [-0.1, -0.05) is 37.9 Å². The van der Waals surface area contributed by atoms with Gasteiger partial charge in [-0.2, -0.15) is 0 Å². The first kappa shape index (κ1) is 17.0. The van der Waals surface area contributed by atoms with Crippen LogP contribution in [0.15, 0.2) is 48.6 Å². The number of nitrogens with one attached hydrogen (secondary N) is 1. The van der Waals surface area contributed by atoms with Crippen molar-refractivity contribution in [3.8, 4) is 0 Å². The standard InChI is InChI=1S/C14H12Br3NO2S/c1-8-3-4-10(15)6-13(8)18-21(19,20)14-7-11(16)9(2)5-12(14)17/h3-7,18H,1-2H3. The van der Waals surface area contributed by atoms with E-state index in [-0.39, 0.29) is 4.90 Å². The van der Waals surface area contributed by atoms with E-state index in [1.165, 1.54) is 0 Å². The van der Waals surface area contributed by atoms with Crippen molar-refractivity contribution in [2.45, 2.75) is 18.7 Å². The van der Waals surface area contributed by atoms with Gasteiger partial charge in [0.15, 0.2) is 0 Å². The molecule has 112 valence electrons. The molecule has 0 amide bonds. The summed E-state index contributed by atoms with van der Waals surface area (Å²) in [4.78, 5) is 0.194. The van der Waals surface area contributed by atoms with Crippen molar-refractivity contribution in [2.75, 3.05) is 4.72 Å². The third kappa shape index (κ3) is 3.88. The fourth-order valence-electron chi connectivity index (χ4n) is 1.74. The number of hydrogen-bond donors (Lipinski definition) is 1. The summed E-state index contributed by atoms with van der Waals surface area (Å²) in [7, 11) is -3.67. The van der Waals surface area contributed by atoms with Gasteiger partial charge in [0.05, 0.1) is 5.69 Å². The maximum absolute atomic E-state index is 12.6. The number of benzene rings is 2.